The second-order valence-electron chi connectivity index (χ2n) is 5.36. The highest BCUT2D eigenvalue weighted by molar-refractivity contribution is 6.31. The Morgan fingerprint density at radius 3 is 2.30 bits per heavy atom. The fourth-order valence-electron chi connectivity index (χ4n) is 2.72. The van der Waals surface area contributed by atoms with Crippen molar-refractivity contribution in [3.8, 4) is 22.3 Å². The third kappa shape index (κ3) is 2.72. The van der Waals surface area contributed by atoms with Crippen LogP contribution in [0.4, 0.5) is 0 Å². The summed E-state index contributed by atoms with van der Waals surface area (Å²) < 4.78 is 0. The van der Waals surface area contributed by atoms with Gasteiger partial charge in [-0.1, -0.05) is 35.3 Å². The molecule has 2 nitrogen and oxygen atoms in total. The van der Waals surface area contributed by atoms with Crippen LogP contribution in [-0.4, -0.2) is 9.97 Å². The van der Waals surface area contributed by atoms with Gasteiger partial charge >= 0.3 is 0 Å². The predicted molar refractivity (Wildman–Crippen MR) is 97.0 cm³/mol. The average molecular weight is 339 g/mol. The molecule has 0 bridgehead atoms. The normalized spacial score (nSPS) is 11.0. The second kappa shape index (κ2) is 5.73. The predicted octanol–water partition coefficient (Wildman–Crippen LogP) is 6.20. The molecule has 0 saturated carbocycles. The zero-order chi connectivity index (χ0) is 15.8. The summed E-state index contributed by atoms with van der Waals surface area (Å²) in [6.07, 6.45) is 5.71. The third-order valence-corrected chi connectivity index (χ3v) is 4.36. The summed E-state index contributed by atoms with van der Waals surface area (Å²) in [5, 5.41) is 2.54. The minimum atomic E-state index is 0.722. The first-order valence-corrected chi connectivity index (χ1v) is 7.94. The molecule has 0 fully saturated rings. The quantitative estimate of drug-likeness (QED) is 0.462. The molecule has 2 heterocycles. The van der Waals surface area contributed by atoms with Gasteiger partial charge in [-0.25, -0.2) is 0 Å². The molecule has 2 aromatic carbocycles. The smallest absolute Gasteiger partial charge is 0.0461 e. The Labute approximate surface area is 143 Å². The molecule has 112 valence electrons. The molecule has 1 N–H and O–H groups in total. The summed E-state index contributed by atoms with van der Waals surface area (Å²) in [6, 6.07) is 15.7. The van der Waals surface area contributed by atoms with E-state index in [0.29, 0.717) is 0 Å². The van der Waals surface area contributed by atoms with E-state index in [1.807, 2.05) is 61.1 Å². The van der Waals surface area contributed by atoms with Crippen LogP contribution in [0.15, 0.2) is 67.1 Å². The number of hydrogen-bond acceptors (Lipinski definition) is 1. The number of pyridine rings is 1. The SMILES string of the molecule is Clc1ccc(-c2cncc(-c3c[nH]c4ccc(Cl)cc34)c2)cc1. The van der Waals surface area contributed by atoms with Crippen LogP contribution in [0.25, 0.3) is 33.2 Å². The van der Waals surface area contributed by atoms with Crippen LogP contribution in [0, 0.1) is 0 Å². The van der Waals surface area contributed by atoms with Gasteiger partial charge in [-0.15, -0.1) is 0 Å². The van der Waals surface area contributed by atoms with Crippen molar-refractivity contribution < 1.29 is 0 Å². The Morgan fingerprint density at radius 2 is 1.48 bits per heavy atom. The maximum Gasteiger partial charge on any atom is 0.0461 e. The van der Waals surface area contributed by atoms with Crippen molar-refractivity contribution in [2.24, 2.45) is 0 Å². The summed E-state index contributed by atoms with van der Waals surface area (Å²) in [5.74, 6) is 0. The molecule has 2 aromatic heterocycles. The minimum Gasteiger partial charge on any atom is -0.361 e. The molecule has 4 aromatic rings. The number of halogens is 2. The molecule has 4 rings (SSSR count). The Bertz CT molecular complexity index is 988. The lowest BCUT2D eigenvalue weighted by atomic mass is 10.0. The lowest BCUT2D eigenvalue weighted by molar-refractivity contribution is 1.33. The first-order valence-electron chi connectivity index (χ1n) is 7.19. The third-order valence-electron chi connectivity index (χ3n) is 3.87. The molecule has 0 unspecified atom stereocenters. The molecular formula is C19H12Cl2N2. The van der Waals surface area contributed by atoms with Crippen molar-refractivity contribution in [2.45, 2.75) is 0 Å². The summed E-state index contributed by atoms with van der Waals surface area (Å²) in [6.45, 7) is 0. The number of aromatic nitrogens is 2. The lowest BCUT2D eigenvalue weighted by Crippen LogP contribution is -1.83. The topological polar surface area (TPSA) is 28.7 Å². The van der Waals surface area contributed by atoms with Crippen molar-refractivity contribution >= 4 is 34.1 Å². The van der Waals surface area contributed by atoms with Gasteiger partial charge in [0.15, 0.2) is 0 Å². The molecule has 0 aliphatic rings. The standard InChI is InChI=1S/C19H12Cl2N2/c20-15-3-1-12(2-4-15)13-7-14(10-22-9-13)18-11-23-19-6-5-16(21)8-17(18)19/h1-11,23H. The van der Waals surface area contributed by atoms with Gasteiger partial charge in [0.2, 0.25) is 0 Å². The highest BCUT2D eigenvalue weighted by atomic mass is 35.5. The van der Waals surface area contributed by atoms with Gasteiger partial charge in [-0.2, -0.15) is 0 Å². The fraction of sp³-hybridized carbons (Fsp3) is 0. The Balaban J connectivity index is 1.84. The molecule has 0 radical (unpaired) electrons. The average Bonchev–Trinajstić information content (AvgIpc) is 2.98. The van der Waals surface area contributed by atoms with E-state index in [1.54, 1.807) is 0 Å². The van der Waals surface area contributed by atoms with E-state index in [-0.39, 0.29) is 0 Å². The van der Waals surface area contributed by atoms with Crippen molar-refractivity contribution in [1.29, 1.82) is 0 Å². The monoisotopic (exact) mass is 338 g/mol. The fourth-order valence-corrected chi connectivity index (χ4v) is 3.02. The second-order valence-corrected chi connectivity index (χ2v) is 6.23. The van der Waals surface area contributed by atoms with E-state index in [0.717, 1.165) is 43.2 Å². The van der Waals surface area contributed by atoms with Crippen molar-refractivity contribution in [1.82, 2.24) is 9.97 Å². The maximum absolute atomic E-state index is 6.13. The summed E-state index contributed by atoms with van der Waals surface area (Å²) in [5.41, 5.74) is 5.33. The highest BCUT2D eigenvalue weighted by Crippen LogP contribution is 2.32. The summed E-state index contributed by atoms with van der Waals surface area (Å²) in [7, 11) is 0. The van der Waals surface area contributed by atoms with Crippen LogP contribution in [0.5, 0.6) is 0 Å². The number of hydrogen-bond donors (Lipinski definition) is 1. The number of H-pyrrole nitrogens is 1. The van der Waals surface area contributed by atoms with Gasteiger partial charge in [-0.3, -0.25) is 4.98 Å². The minimum absolute atomic E-state index is 0.722. The summed E-state index contributed by atoms with van der Waals surface area (Å²) in [4.78, 5) is 7.67. The van der Waals surface area contributed by atoms with Gasteiger partial charge in [-0.05, 0) is 42.0 Å². The highest BCUT2D eigenvalue weighted by Gasteiger charge is 2.08. The Morgan fingerprint density at radius 1 is 0.739 bits per heavy atom. The molecule has 0 aliphatic carbocycles. The Hall–Kier alpha value is -2.29. The van der Waals surface area contributed by atoms with Gasteiger partial charge in [0.25, 0.3) is 0 Å². The van der Waals surface area contributed by atoms with Crippen LogP contribution in [0.2, 0.25) is 10.0 Å². The molecule has 0 spiro atoms. The van der Waals surface area contributed by atoms with E-state index in [2.05, 4.69) is 16.0 Å². The number of rotatable bonds is 2. The Kier molecular flexibility index (Phi) is 3.56. The molecular weight excluding hydrogens is 327 g/mol. The molecule has 0 amide bonds. The molecule has 0 aliphatic heterocycles. The van der Waals surface area contributed by atoms with Gasteiger partial charge in [0, 0.05) is 56.2 Å². The maximum atomic E-state index is 6.13. The van der Waals surface area contributed by atoms with Crippen molar-refractivity contribution in [3.05, 3.63) is 77.2 Å². The van der Waals surface area contributed by atoms with Crippen LogP contribution >= 0.6 is 23.2 Å². The number of nitrogens with zero attached hydrogens (tertiary/aromatic N) is 1. The van der Waals surface area contributed by atoms with Crippen molar-refractivity contribution in [2.75, 3.05) is 0 Å². The van der Waals surface area contributed by atoms with Gasteiger partial charge in [0.05, 0.1) is 0 Å². The van der Waals surface area contributed by atoms with Crippen LogP contribution in [-0.2, 0) is 0 Å². The number of aromatic amines is 1. The van der Waals surface area contributed by atoms with E-state index >= 15 is 0 Å². The number of fused-ring (bicyclic) bond motifs is 1. The van der Waals surface area contributed by atoms with E-state index < -0.39 is 0 Å². The molecule has 0 saturated heterocycles. The van der Waals surface area contributed by atoms with Gasteiger partial charge < -0.3 is 4.98 Å². The largest absolute Gasteiger partial charge is 0.361 e. The first-order chi connectivity index (χ1) is 11.2. The van der Waals surface area contributed by atoms with Crippen molar-refractivity contribution in [3.63, 3.8) is 0 Å². The molecule has 4 heteroatoms. The zero-order valence-electron chi connectivity index (χ0n) is 12.1. The van der Waals surface area contributed by atoms with Crippen LogP contribution < -0.4 is 0 Å². The molecule has 0 atom stereocenters. The van der Waals surface area contributed by atoms with Gasteiger partial charge in [0.1, 0.15) is 0 Å². The van der Waals surface area contributed by atoms with E-state index in [9.17, 15) is 0 Å². The van der Waals surface area contributed by atoms with E-state index in [4.69, 9.17) is 23.2 Å². The lowest BCUT2D eigenvalue weighted by Gasteiger charge is -2.05. The van der Waals surface area contributed by atoms with Crippen LogP contribution in [0.1, 0.15) is 0 Å². The van der Waals surface area contributed by atoms with Crippen LogP contribution in [0.3, 0.4) is 0 Å². The number of benzene rings is 2. The zero-order valence-corrected chi connectivity index (χ0v) is 13.6. The number of nitrogens with one attached hydrogen (secondary N) is 1. The van der Waals surface area contributed by atoms with E-state index in [1.165, 1.54) is 0 Å². The first kappa shape index (κ1) is 14.3. The molecule has 23 heavy (non-hydrogen) atoms. The summed E-state index contributed by atoms with van der Waals surface area (Å²) >= 11 is 12.1.